The van der Waals surface area contributed by atoms with Crippen LogP contribution < -0.4 is 10.2 Å². The van der Waals surface area contributed by atoms with Crippen molar-refractivity contribution in [1.82, 2.24) is 10.2 Å². The number of carbonyl (C=O) groups is 1. The average molecular weight is 314 g/mol. The van der Waals surface area contributed by atoms with Gasteiger partial charge in [0, 0.05) is 32.2 Å². The Balaban J connectivity index is 1.61. The lowest BCUT2D eigenvalue weighted by atomic mass is 10.2. The van der Waals surface area contributed by atoms with E-state index < -0.39 is 0 Å². The van der Waals surface area contributed by atoms with Crippen LogP contribution in [0.2, 0.25) is 10.0 Å². The number of benzene rings is 1. The van der Waals surface area contributed by atoms with Crippen molar-refractivity contribution in [2.75, 3.05) is 31.1 Å². The van der Waals surface area contributed by atoms with Gasteiger partial charge in [-0.25, -0.2) is 4.79 Å². The quantitative estimate of drug-likeness (QED) is 0.911. The zero-order valence-electron chi connectivity index (χ0n) is 11.1. The van der Waals surface area contributed by atoms with Gasteiger partial charge < -0.3 is 15.1 Å². The number of amides is 2. The minimum atomic E-state index is 0.0532. The Bertz CT molecular complexity index is 491. The summed E-state index contributed by atoms with van der Waals surface area (Å²) in [6, 6.07) is 5.98. The number of para-hydroxylation sites is 1. The maximum absolute atomic E-state index is 12.0. The van der Waals surface area contributed by atoms with Crippen molar-refractivity contribution in [2.24, 2.45) is 0 Å². The Labute approximate surface area is 128 Å². The summed E-state index contributed by atoms with van der Waals surface area (Å²) >= 11 is 12.4. The summed E-state index contributed by atoms with van der Waals surface area (Å²) in [4.78, 5) is 16.0. The minimum Gasteiger partial charge on any atom is -0.366 e. The summed E-state index contributed by atoms with van der Waals surface area (Å²) in [7, 11) is 0. The van der Waals surface area contributed by atoms with Crippen molar-refractivity contribution in [3.05, 3.63) is 28.2 Å². The zero-order valence-corrected chi connectivity index (χ0v) is 12.6. The number of anilines is 1. The molecule has 108 valence electrons. The van der Waals surface area contributed by atoms with E-state index in [1.54, 1.807) is 0 Å². The average Bonchev–Trinajstić information content (AvgIpc) is 3.23. The summed E-state index contributed by atoms with van der Waals surface area (Å²) in [6.07, 6.45) is 2.22. The molecule has 2 fully saturated rings. The second kappa shape index (κ2) is 5.70. The molecule has 1 heterocycles. The molecule has 4 nitrogen and oxygen atoms in total. The van der Waals surface area contributed by atoms with E-state index in [1.807, 2.05) is 23.1 Å². The summed E-state index contributed by atoms with van der Waals surface area (Å²) in [6.45, 7) is 2.89. The molecule has 0 spiro atoms. The van der Waals surface area contributed by atoms with Gasteiger partial charge in [-0.15, -0.1) is 0 Å². The third-order valence-corrected chi connectivity index (χ3v) is 4.34. The van der Waals surface area contributed by atoms with Crippen molar-refractivity contribution in [3.63, 3.8) is 0 Å². The van der Waals surface area contributed by atoms with Crippen molar-refractivity contribution < 1.29 is 4.79 Å². The maximum Gasteiger partial charge on any atom is 0.317 e. The second-order valence-corrected chi connectivity index (χ2v) is 6.08. The van der Waals surface area contributed by atoms with Crippen molar-refractivity contribution in [2.45, 2.75) is 18.9 Å². The molecule has 2 amide bonds. The number of rotatable bonds is 2. The van der Waals surface area contributed by atoms with E-state index in [4.69, 9.17) is 23.2 Å². The highest BCUT2D eigenvalue weighted by Gasteiger charge is 2.28. The number of hydrogen-bond acceptors (Lipinski definition) is 2. The Hall–Kier alpha value is -1.13. The Morgan fingerprint density at radius 3 is 2.25 bits per heavy atom. The first-order valence-electron chi connectivity index (χ1n) is 6.89. The SMILES string of the molecule is O=C(NC1CC1)N1CCN(c2c(Cl)cccc2Cl)CC1. The van der Waals surface area contributed by atoms with Crippen LogP contribution in [0.3, 0.4) is 0 Å². The number of nitrogens with one attached hydrogen (secondary N) is 1. The van der Waals surface area contributed by atoms with E-state index in [0.717, 1.165) is 31.6 Å². The number of hydrogen-bond donors (Lipinski definition) is 1. The lowest BCUT2D eigenvalue weighted by Crippen LogP contribution is -2.52. The number of piperazine rings is 1. The van der Waals surface area contributed by atoms with Crippen molar-refractivity contribution >= 4 is 34.9 Å². The molecule has 0 bridgehead atoms. The van der Waals surface area contributed by atoms with Gasteiger partial charge >= 0.3 is 6.03 Å². The molecule has 0 atom stereocenters. The van der Waals surface area contributed by atoms with Crippen molar-refractivity contribution in [3.8, 4) is 0 Å². The molecule has 2 aliphatic rings. The molecule has 1 N–H and O–H groups in total. The van der Waals surface area contributed by atoms with Crippen LogP contribution in [-0.2, 0) is 0 Å². The molecule has 1 aromatic rings. The molecule has 0 radical (unpaired) electrons. The summed E-state index contributed by atoms with van der Waals surface area (Å²) < 4.78 is 0. The van der Waals surface area contributed by atoms with Crippen LogP contribution in [0.1, 0.15) is 12.8 Å². The normalized spacial score (nSPS) is 19.1. The zero-order chi connectivity index (χ0) is 14.1. The van der Waals surface area contributed by atoms with Gasteiger partial charge in [-0.2, -0.15) is 0 Å². The Morgan fingerprint density at radius 1 is 1.10 bits per heavy atom. The van der Waals surface area contributed by atoms with E-state index in [1.165, 1.54) is 0 Å². The van der Waals surface area contributed by atoms with Crippen LogP contribution in [0.4, 0.5) is 10.5 Å². The first-order chi connectivity index (χ1) is 9.65. The van der Waals surface area contributed by atoms with Gasteiger partial charge in [0.05, 0.1) is 15.7 Å². The third kappa shape index (κ3) is 2.96. The summed E-state index contributed by atoms with van der Waals surface area (Å²) in [5.74, 6) is 0. The van der Waals surface area contributed by atoms with E-state index in [2.05, 4.69) is 10.2 Å². The van der Waals surface area contributed by atoms with Gasteiger partial charge in [-0.3, -0.25) is 0 Å². The van der Waals surface area contributed by atoms with E-state index >= 15 is 0 Å². The molecule has 1 aliphatic carbocycles. The first kappa shape index (κ1) is 13.8. The molecule has 6 heteroatoms. The van der Waals surface area contributed by atoms with Gasteiger partial charge in [0.25, 0.3) is 0 Å². The predicted molar refractivity (Wildman–Crippen MR) is 81.8 cm³/mol. The topological polar surface area (TPSA) is 35.6 Å². The van der Waals surface area contributed by atoms with Gasteiger partial charge in [0.1, 0.15) is 0 Å². The van der Waals surface area contributed by atoms with Crippen LogP contribution in [-0.4, -0.2) is 43.2 Å². The molecule has 0 aromatic heterocycles. The monoisotopic (exact) mass is 313 g/mol. The van der Waals surface area contributed by atoms with E-state index in [0.29, 0.717) is 29.2 Å². The lowest BCUT2D eigenvalue weighted by Gasteiger charge is -2.36. The van der Waals surface area contributed by atoms with Crippen LogP contribution in [0, 0.1) is 0 Å². The number of halogens is 2. The van der Waals surface area contributed by atoms with Crippen molar-refractivity contribution in [1.29, 1.82) is 0 Å². The smallest absolute Gasteiger partial charge is 0.317 e. The Morgan fingerprint density at radius 2 is 1.70 bits per heavy atom. The van der Waals surface area contributed by atoms with E-state index in [-0.39, 0.29) is 6.03 Å². The summed E-state index contributed by atoms with van der Waals surface area (Å²) in [5, 5.41) is 4.34. The largest absolute Gasteiger partial charge is 0.366 e. The highest BCUT2D eigenvalue weighted by molar-refractivity contribution is 6.39. The van der Waals surface area contributed by atoms with Gasteiger partial charge in [0.15, 0.2) is 0 Å². The van der Waals surface area contributed by atoms with Crippen LogP contribution in [0.5, 0.6) is 0 Å². The molecule has 1 saturated heterocycles. The Kier molecular flexibility index (Phi) is 3.94. The van der Waals surface area contributed by atoms with Crippen LogP contribution in [0.15, 0.2) is 18.2 Å². The number of nitrogens with zero attached hydrogens (tertiary/aromatic N) is 2. The van der Waals surface area contributed by atoms with Gasteiger partial charge in [-0.05, 0) is 25.0 Å². The molecule has 3 rings (SSSR count). The highest BCUT2D eigenvalue weighted by atomic mass is 35.5. The number of carbonyl (C=O) groups excluding carboxylic acids is 1. The maximum atomic E-state index is 12.0. The second-order valence-electron chi connectivity index (χ2n) is 5.27. The standard InChI is InChI=1S/C14H17Cl2N3O/c15-11-2-1-3-12(16)13(11)18-6-8-19(9-7-18)14(20)17-10-4-5-10/h1-3,10H,4-9H2,(H,17,20). The molecule has 1 aliphatic heterocycles. The molecule has 1 aromatic carbocycles. The van der Waals surface area contributed by atoms with Crippen LogP contribution >= 0.6 is 23.2 Å². The highest BCUT2D eigenvalue weighted by Crippen LogP contribution is 2.34. The minimum absolute atomic E-state index is 0.0532. The number of urea groups is 1. The lowest BCUT2D eigenvalue weighted by molar-refractivity contribution is 0.194. The molecule has 20 heavy (non-hydrogen) atoms. The predicted octanol–water partition coefficient (Wildman–Crippen LogP) is 2.99. The molecular formula is C14H17Cl2N3O. The fraction of sp³-hybridized carbons (Fsp3) is 0.500. The third-order valence-electron chi connectivity index (χ3n) is 3.73. The van der Waals surface area contributed by atoms with Crippen LogP contribution in [0.25, 0.3) is 0 Å². The first-order valence-corrected chi connectivity index (χ1v) is 7.65. The van der Waals surface area contributed by atoms with Gasteiger partial charge in [-0.1, -0.05) is 29.3 Å². The fourth-order valence-electron chi connectivity index (χ4n) is 2.42. The summed E-state index contributed by atoms with van der Waals surface area (Å²) in [5.41, 5.74) is 0.873. The van der Waals surface area contributed by atoms with E-state index in [9.17, 15) is 4.79 Å². The molecular weight excluding hydrogens is 297 g/mol. The molecule has 1 saturated carbocycles. The van der Waals surface area contributed by atoms with Gasteiger partial charge in [0.2, 0.25) is 0 Å². The molecule has 0 unspecified atom stereocenters. The fourth-order valence-corrected chi connectivity index (χ4v) is 3.05.